The van der Waals surface area contributed by atoms with Crippen molar-refractivity contribution in [1.29, 1.82) is 0 Å². The first-order chi connectivity index (χ1) is 8.86. The molecule has 0 aromatic heterocycles. The molecule has 1 unspecified atom stereocenters. The fourth-order valence-corrected chi connectivity index (χ4v) is 1.75. The first-order valence-electron chi connectivity index (χ1n) is 6.02. The number of nitrogen functional groups attached to an aromatic ring is 1. The van der Waals surface area contributed by atoms with Crippen molar-refractivity contribution in [2.24, 2.45) is 0 Å². The van der Waals surface area contributed by atoms with Gasteiger partial charge in [0.05, 0.1) is 24.0 Å². The molecule has 0 aliphatic heterocycles. The van der Waals surface area contributed by atoms with E-state index in [1.54, 1.807) is 20.9 Å². The number of aliphatic hydroxyl groups is 1. The van der Waals surface area contributed by atoms with Crippen LogP contribution in [0.15, 0.2) is 12.1 Å². The van der Waals surface area contributed by atoms with Crippen molar-refractivity contribution >= 4 is 17.3 Å². The molecule has 0 fully saturated rings. The quantitative estimate of drug-likeness (QED) is 0.625. The molecule has 1 rings (SSSR count). The van der Waals surface area contributed by atoms with E-state index in [1.165, 1.54) is 11.0 Å². The number of likely N-dealkylation sites (N-methyl/N-ethyl adjacent to an activating group) is 1. The van der Waals surface area contributed by atoms with Gasteiger partial charge in [0.25, 0.3) is 0 Å². The second-order valence-electron chi connectivity index (χ2n) is 4.34. The summed E-state index contributed by atoms with van der Waals surface area (Å²) in [5, 5.41) is 9.31. The normalized spacial score (nSPS) is 12.1. The smallest absolute Gasteiger partial charge is 0.340 e. The number of rotatable bonds is 5. The number of hydrogen-bond acceptors (Lipinski definition) is 5. The molecule has 1 aromatic rings. The Labute approximate surface area is 111 Å². The van der Waals surface area contributed by atoms with Crippen LogP contribution in [0, 0.1) is 5.82 Å². The molecule has 0 saturated carbocycles. The number of esters is 1. The summed E-state index contributed by atoms with van der Waals surface area (Å²) in [5.41, 5.74) is 5.96. The number of carbonyl (C=O) groups is 1. The van der Waals surface area contributed by atoms with E-state index in [9.17, 15) is 14.3 Å². The van der Waals surface area contributed by atoms with Gasteiger partial charge >= 0.3 is 5.97 Å². The summed E-state index contributed by atoms with van der Waals surface area (Å²) in [4.78, 5) is 13.2. The maximum absolute atomic E-state index is 13.8. The van der Waals surface area contributed by atoms with Gasteiger partial charge in [-0.05, 0) is 26.0 Å². The zero-order valence-electron chi connectivity index (χ0n) is 11.3. The molecule has 106 valence electrons. The van der Waals surface area contributed by atoms with Gasteiger partial charge in [-0.25, -0.2) is 9.18 Å². The average Bonchev–Trinajstić information content (AvgIpc) is 2.27. The lowest BCUT2D eigenvalue weighted by atomic mass is 10.1. The van der Waals surface area contributed by atoms with E-state index in [-0.39, 0.29) is 30.1 Å². The summed E-state index contributed by atoms with van der Waals surface area (Å²) in [7, 11) is 1.62. The number of nitrogens with two attached hydrogens (primary N) is 1. The molecule has 0 saturated heterocycles. The van der Waals surface area contributed by atoms with Gasteiger partial charge < -0.3 is 20.5 Å². The molecule has 5 nitrogen and oxygen atoms in total. The van der Waals surface area contributed by atoms with Crippen LogP contribution < -0.4 is 10.6 Å². The fourth-order valence-electron chi connectivity index (χ4n) is 1.75. The molecule has 3 N–H and O–H groups in total. The van der Waals surface area contributed by atoms with Crippen molar-refractivity contribution in [3.8, 4) is 0 Å². The highest BCUT2D eigenvalue weighted by molar-refractivity contribution is 5.96. The molecule has 0 bridgehead atoms. The third kappa shape index (κ3) is 3.82. The van der Waals surface area contributed by atoms with Crippen molar-refractivity contribution in [3.05, 3.63) is 23.5 Å². The molecule has 0 aliphatic rings. The molecule has 0 heterocycles. The van der Waals surface area contributed by atoms with E-state index in [0.717, 1.165) is 6.07 Å². The van der Waals surface area contributed by atoms with Crippen molar-refractivity contribution in [1.82, 2.24) is 0 Å². The minimum Gasteiger partial charge on any atom is -0.462 e. The summed E-state index contributed by atoms with van der Waals surface area (Å²) in [5.74, 6) is -1.14. The number of halogens is 1. The van der Waals surface area contributed by atoms with Crippen LogP contribution in [0.1, 0.15) is 24.2 Å². The lowest BCUT2D eigenvalue weighted by Crippen LogP contribution is -2.28. The SMILES string of the molecule is CCOC(=O)c1cc(N(C)CC(C)O)c(F)cc1N. The standard InChI is InChI=1S/C13H19FN2O3/c1-4-19-13(18)9-5-12(10(14)6-11(9)15)16(3)7-8(2)17/h5-6,8,17H,4,7,15H2,1-3H3. The highest BCUT2D eigenvalue weighted by atomic mass is 19.1. The Kier molecular flexibility index (Phi) is 5.11. The summed E-state index contributed by atoms with van der Waals surface area (Å²) in [6, 6.07) is 2.42. The largest absolute Gasteiger partial charge is 0.462 e. The molecule has 0 aliphatic carbocycles. The fraction of sp³-hybridized carbons (Fsp3) is 0.462. The van der Waals surface area contributed by atoms with E-state index in [4.69, 9.17) is 10.5 Å². The van der Waals surface area contributed by atoms with Gasteiger partial charge in [-0.3, -0.25) is 0 Å². The molecule has 0 spiro atoms. The summed E-state index contributed by atoms with van der Waals surface area (Å²) < 4.78 is 18.7. The molecule has 0 amide bonds. The van der Waals surface area contributed by atoms with E-state index < -0.39 is 17.9 Å². The predicted molar refractivity (Wildman–Crippen MR) is 71.7 cm³/mol. The average molecular weight is 270 g/mol. The Morgan fingerprint density at radius 1 is 1.58 bits per heavy atom. The highest BCUT2D eigenvalue weighted by Gasteiger charge is 2.17. The van der Waals surface area contributed by atoms with E-state index in [2.05, 4.69) is 0 Å². The van der Waals surface area contributed by atoms with Gasteiger partial charge in [0.1, 0.15) is 5.82 Å². The number of aliphatic hydroxyl groups excluding tert-OH is 1. The topological polar surface area (TPSA) is 75.8 Å². The zero-order chi connectivity index (χ0) is 14.6. The van der Waals surface area contributed by atoms with Gasteiger partial charge in [-0.15, -0.1) is 0 Å². The number of benzene rings is 1. The maximum Gasteiger partial charge on any atom is 0.340 e. The van der Waals surface area contributed by atoms with Crippen LogP contribution in [-0.4, -0.2) is 37.4 Å². The van der Waals surface area contributed by atoms with Crippen LogP contribution in [0.3, 0.4) is 0 Å². The van der Waals surface area contributed by atoms with Crippen molar-refractivity contribution in [2.75, 3.05) is 30.8 Å². The lowest BCUT2D eigenvalue weighted by Gasteiger charge is -2.22. The van der Waals surface area contributed by atoms with Gasteiger partial charge in [0.2, 0.25) is 0 Å². The van der Waals surface area contributed by atoms with Crippen LogP contribution in [0.4, 0.5) is 15.8 Å². The Morgan fingerprint density at radius 3 is 2.74 bits per heavy atom. The number of carbonyl (C=O) groups excluding carboxylic acids is 1. The molecule has 6 heteroatoms. The Bertz CT molecular complexity index is 463. The molecule has 0 radical (unpaired) electrons. The van der Waals surface area contributed by atoms with Gasteiger partial charge in [-0.1, -0.05) is 0 Å². The van der Waals surface area contributed by atoms with Crippen LogP contribution in [0.2, 0.25) is 0 Å². The summed E-state index contributed by atoms with van der Waals surface area (Å²) in [6.07, 6.45) is -0.618. The zero-order valence-corrected chi connectivity index (χ0v) is 11.3. The highest BCUT2D eigenvalue weighted by Crippen LogP contribution is 2.25. The third-order valence-electron chi connectivity index (χ3n) is 2.56. The second kappa shape index (κ2) is 6.38. The predicted octanol–water partition coefficient (Wildman–Crippen LogP) is 1.40. The van der Waals surface area contributed by atoms with E-state index in [0.29, 0.717) is 0 Å². The molecule has 19 heavy (non-hydrogen) atoms. The lowest BCUT2D eigenvalue weighted by molar-refractivity contribution is 0.0527. The number of hydrogen-bond donors (Lipinski definition) is 2. The molecular formula is C13H19FN2O3. The number of anilines is 2. The number of ether oxygens (including phenoxy) is 1. The molecule has 1 atom stereocenters. The van der Waals surface area contributed by atoms with Gasteiger partial charge in [0.15, 0.2) is 0 Å². The van der Waals surface area contributed by atoms with Crippen molar-refractivity contribution < 1.29 is 19.0 Å². The minimum atomic E-state index is -0.618. The Morgan fingerprint density at radius 2 is 2.21 bits per heavy atom. The minimum absolute atomic E-state index is 0.0325. The first-order valence-corrected chi connectivity index (χ1v) is 6.02. The van der Waals surface area contributed by atoms with E-state index in [1.807, 2.05) is 0 Å². The Hall–Kier alpha value is -1.82. The Balaban J connectivity index is 3.12. The monoisotopic (exact) mass is 270 g/mol. The second-order valence-corrected chi connectivity index (χ2v) is 4.34. The third-order valence-corrected chi connectivity index (χ3v) is 2.56. The summed E-state index contributed by atoms with van der Waals surface area (Å²) in [6.45, 7) is 3.73. The van der Waals surface area contributed by atoms with Crippen LogP contribution in [-0.2, 0) is 4.74 Å². The van der Waals surface area contributed by atoms with Crippen LogP contribution >= 0.6 is 0 Å². The molecular weight excluding hydrogens is 251 g/mol. The maximum atomic E-state index is 13.8. The number of nitrogens with zero attached hydrogens (tertiary/aromatic N) is 1. The van der Waals surface area contributed by atoms with Crippen molar-refractivity contribution in [2.45, 2.75) is 20.0 Å². The first kappa shape index (κ1) is 15.2. The van der Waals surface area contributed by atoms with Crippen molar-refractivity contribution in [3.63, 3.8) is 0 Å². The summed E-state index contributed by atoms with van der Waals surface area (Å²) >= 11 is 0. The van der Waals surface area contributed by atoms with E-state index >= 15 is 0 Å². The van der Waals surface area contributed by atoms with Crippen LogP contribution in [0.25, 0.3) is 0 Å². The molecule has 1 aromatic carbocycles. The van der Waals surface area contributed by atoms with Gasteiger partial charge in [0, 0.05) is 19.3 Å². The van der Waals surface area contributed by atoms with Gasteiger partial charge in [-0.2, -0.15) is 0 Å². The van der Waals surface area contributed by atoms with Crippen LogP contribution in [0.5, 0.6) is 0 Å².